The van der Waals surface area contributed by atoms with Crippen molar-refractivity contribution in [2.45, 2.75) is 31.8 Å². The first-order valence-electron chi connectivity index (χ1n) is 8.55. The van der Waals surface area contributed by atoms with E-state index in [1.165, 1.54) is 16.8 Å². The van der Waals surface area contributed by atoms with E-state index < -0.39 is 0 Å². The third-order valence-corrected chi connectivity index (χ3v) is 4.58. The number of ether oxygens (including phenoxy) is 1. The predicted octanol–water partition coefficient (Wildman–Crippen LogP) is 3.22. The van der Waals surface area contributed by atoms with Gasteiger partial charge in [0.25, 0.3) is 0 Å². The average molecular weight is 335 g/mol. The van der Waals surface area contributed by atoms with Gasteiger partial charge in [0.15, 0.2) is 0 Å². The molecule has 3 aromatic rings. The third-order valence-electron chi connectivity index (χ3n) is 4.58. The maximum absolute atomic E-state index is 5.18. The van der Waals surface area contributed by atoms with Gasteiger partial charge in [-0.05, 0) is 24.8 Å². The maximum Gasteiger partial charge on any atom is 0.226 e. The minimum Gasteiger partial charge on any atom is -0.481 e. The molecule has 1 aliphatic carbocycles. The summed E-state index contributed by atoms with van der Waals surface area (Å²) in [4.78, 5) is 8.66. The summed E-state index contributed by atoms with van der Waals surface area (Å²) in [5.41, 5.74) is 3.81. The SMILES string of the molecule is COc1ccnc(N[C@@H]2CCCc3c2cnn3Cc2ccccc2)n1. The van der Waals surface area contributed by atoms with Crippen LogP contribution in [0, 0.1) is 0 Å². The lowest BCUT2D eigenvalue weighted by atomic mass is 9.93. The quantitative estimate of drug-likeness (QED) is 0.775. The number of benzene rings is 1. The lowest BCUT2D eigenvalue weighted by molar-refractivity contribution is 0.397. The van der Waals surface area contributed by atoms with E-state index in [1.54, 1.807) is 19.4 Å². The van der Waals surface area contributed by atoms with Crippen molar-refractivity contribution in [3.63, 3.8) is 0 Å². The van der Waals surface area contributed by atoms with Crippen molar-refractivity contribution in [1.82, 2.24) is 19.7 Å². The molecule has 1 N–H and O–H groups in total. The van der Waals surface area contributed by atoms with E-state index in [-0.39, 0.29) is 6.04 Å². The van der Waals surface area contributed by atoms with Gasteiger partial charge in [0.1, 0.15) is 0 Å². The first kappa shape index (κ1) is 15.6. The summed E-state index contributed by atoms with van der Waals surface area (Å²) in [5, 5.41) is 8.06. The molecule has 0 bridgehead atoms. The van der Waals surface area contributed by atoms with Crippen LogP contribution in [0.3, 0.4) is 0 Å². The fourth-order valence-corrected chi connectivity index (χ4v) is 3.34. The van der Waals surface area contributed by atoms with Gasteiger partial charge in [-0.1, -0.05) is 30.3 Å². The molecule has 1 aromatic carbocycles. The number of hydrogen-bond acceptors (Lipinski definition) is 5. The monoisotopic (exact) mass is 335 g/mol. The van der Waals surface area contributed by atoms with Crippen molar-refractivity contribution >= 4 is 5.95 Å². The molecular weight excluding hydrogens is 314 g/mol. The Labute approximate surface area is 146 Å². The summed E-state index contributed by atoms with van der Waals surface area (Å²) in [6.07, 6.45) is 6.91. The lowest BCUT2D eigenvalue weighted by Gasteiger charge is -2.24. The molecule has 0 aliphatic heterocycles. The number of rotatable bonds is 5. The normalized spacial score (nSPS) is 16.3. The van der Waals surface area contributed by atoms with Crippen molar-refractivity contribution in [2.75, 3.05) is 12.4 Å². The van der Waals surface area contributed by atoms with Gasteiger partial charge >= 0.3 is 0 Å². The molecular formula is C19H21N5O. The molecule has 0 fully saturated rings. The number of nitrogens with one attached hydrogen (secondary N) is 1. The molecule has 25 heavy (non-hydrogen) atoms. The molecule has 2 aromatic heterocycles. The Morgan fingerprint density at radius 1 is 1.24 bits per heavy atom. The zero-order chi connectivity index (χ0) is 17.1. The van der Waals surface area contributed by atoms with Crippen LogP contribution < -0.4 is 10.1 Å². The molecule has 6 nitrogen and oxygen atoms in total. The standard InChI is InChI=1S/C19H21N5O/c1-25-18-10-11-20-19(23-18)22-16-8-5-9-17-15(16)12-21-24(17)13-14-6-3-2-4-7-14/h2-4,6-7,10-12,16H,5,8-9,13H2,1H3,(H,20,22,23)/t16-/m1/s1. The minimum absolute atomic E-state index is 0.181. The molecule has 128 valence electrons. The summed E-state index contributed by atoms with van der Waals surface area (Å²) in [5.74, 6) is 1.15. The molecule has 4 rings (SSSR count). The summed E-state index contributed by atoms with van der Waals surface area (Å²) in [6, 6.07) is 12.4. The Hall–Kier alpha value is -2.89. The molecule has 0 saturated heterocycles. The van der Waals surface area contributed by atoms with Gasteiger partial charge in [0.2, 0.25) is 11.8 Å². The lowest BCUT2D eigenvalue weighted by Crippen LogP contribution is -2.19. The highest BCUT2D eigenvalue weighted by Gasteiger charge is 2.25. The second kappa shape index (κ2) is 6.93. The largest absolute Gasteiger partial charge is 0.481 e. The van der Waals surface area contributed by atoms with Crippen LogP contribution in [0.5, 0.6) is 5.88 Å². The maximum atomic E-state index is 5.18. The Kier molecular flexibility index (Phi) is 4.33. The molecule has 0 saturated carbocycles. The fraction of sp³-hybridized carbons (Fsp3) is 0.316. The van der Waals surface area contributed by atoms with E-state index in [0.29, 0.717) is 11.8 Å². The number of aromatic nitrogens is 4. The summed E-state index contributed by atoms with van der Waals surface area (Å²) in [6.45, 7) is 0.804. The Morgan fingerprint density at radius 3 is 2.96 bits per heavy atom. The number of anilines is 1. The van der Waals surface area contributed by atoms with Crippen LogP contribution in [0.2, 0.25) is 0 Å². The van der Waals surface area contributed by atoms with Gasteiger partial charge < -0.3 is 10.1 Å². The van der Waals surface area contributed by atoms with E-state index in [2.05, 4.69) is 49.3 Å². The summed E-state index contributed by atoms with van der Waals surface area (Å²) in [7, 11) is 1.61. The second-order valence-electron chi connectivity index (χ2n) is 6.20. The van der Waals surface area contributed by atoms with Gasteiger partial charge in [-0.3, -0.25) is 4.68 Å². The molecule has 2 heterocycles. The highest BCUT2D eigenvalue weighted by molar-refractivity contribution is 5.36. The molecule has 1 aliphatic rings. The highest BCUT2D eigenvalue weighted by Crippen LogP contribution is 2.32. The van der Waals surface area contributed by atoms with Crippen LogP contribution >= 0.6 is 0 Å². The molecule has 1 atom stereocenters. The second-order valence-corrected chi connectivity index (χ2v) is 6.20. The topological polar surface area (TPSA) is 64.9 Å². The van der Waals surface area contributed by atoms with E-state index in [1.807, 2.05) is 12.3 Å². The van der Waals surface area contributed by atoms with E-state index in [4.69, 9.17) is 4.74 Å². The zero-order valence-corrected chi connectivity index (χ0v) is 14.2. The number of methoxy groups -OCH3 is 1. The van der Waals surface area contributed by atoms with Crippen molar-refractivity contribution < 1.29 is 4.74 Å². The third kappa shape index (κ3) is 3.33. The zero-order valence-electron chi connectivity index (χ0n) is 14.2. The van der Waals surface area contributed by atoms with Crippen LogP contribution in [0.1, 0.15) is 35.7 Å². The first-order chi connectivity index (χ1) is 12.3. The number of fused-ring (bicyclic) bond motifs is 1. The Morgan fingerprint density at radius 2 is 2.12 bits per heavy atom. The van der Waals surface area contributed by atoms with Crippen LogP contribution in [-0.4, -0.2) is 26.9 Å². The smallest absolute Gasteiger partial charge is 0.226 e. The highest BCUT2D eigenvalue weighted by atomic mass is 16.5. The van der Waals surface area contributed by atoms with E-state index in [0.717, 1.165) is 25.8 Å². The molecule has 0 amide bonds. The molecule has 0 radical (unpaired) electrons. The molecule has 0 unspecified atom stereocenters. The van der Waals surface area contributed by atoms with Gasteiger partial charge in [0, 0.05) is 23.5 Å². The Bertz CT molecular complexity index is 846. The van der Waals surface area contributed by atoms with Crippen LogP contribution in [0.25, 0.3) is 0 Å². The van der Waals surface area contributed by atoms with Gasteiger partial charge in [0.05, 0.1) is 25.9 Å². The van der Waals surface area contributed by atoms with E-state index in [9.17, 15) is 0 Å². The predicted molar refractivity (Wildman–Crippen MR) is 95.7 cm³/mol. The van der Waals surface area contributed by atoms with Crippen LogP contribution in [0.15, 0.2) is 48.8 Å². The fourth-order valence-electron chi connectivity index (χ4n) is 3.34. The van der Waals surface area contributed by atoms with Crippen molar-refractivity contribution in [3.8, 4) is 5.88 Å². The first-order valence-corrected chi connectivity index (χ1v) is 8.55. The minimum atomic E-state index is 0.181. The van der Waals surface area contributed by atoms with Crippen LogP contribution in [-0.2, 0) is 13.0 Å². The number of nitrogens with zero attached hydrogens (tertiary/aromatic N) is 4. The van der Waals surface area contributed by atoms with Gasteiger partial charge in [-0.15, -0.1) is 0 Å². The molecule has 0 spiro atoms. The number of hydrogen-bond donors (Lipinski definition) is 1. The van der Waals surface area contributed by atoms with Gasteiger partial charge in [-0.25, -0.2) is 4.98 Å². The van der Waals surface area contributed by atoms with Crippen molar-refractivity contribution in [2.24, 2.45) is 0 Å². The van der Waals surface area contributed by atoms with Crippen molar-refractivity contribution in [1.29, 1.82) is 0 Å². The summed E-state index contributed by atoms with van der Waals surface area (Å²) >= 11 is 0. The summed E-state index contributed by atoms with van der Waals surface area (Å²) < 4.78 is 7.29. The Balaban J connectivity index is 1.56. The van der Waals surface area contributed by atoms with E-state index >= 15 is 0 Å². The van der Waals surface area contributed by atoms with Crippen molar-refractivity contribution in [3.05, 3.63) is 65.6 Å². The average Bonchev–Trinajstić information content (AvgIpc) is 3.07. The molecule has 6 heteroatoms. The van der Waals surface area contributed by atoms with Crippen LogP contribution in [0.4, 0.5) is 5.95 Å². The van der Waals surface area contributed by atoms with Gasteiger partial charge in [-0.2, -0.15) is 10.1 Å².